The predicted octanol–water partition coefficient (Wildman–Crippen LogP) is 2.12. The summed E-state index contributed by atoms with van der Waals surface area (Å²) in [5, 5.41) is 0. The highest BCUT2D eigenvalue weighted by Crippen LogP contribution is 2.20. The topological polar surface area (TPSA) is 6.48 Å². The highest BCUT2D eigenvalue weighted by atomic mass is 15.3. The number of rotatable bonds is 2. The Kier molecular flexibility index (Phi) is 3.81. The molecular weight excluding hydrogens is 184 g/mol. The van der Waals surface area contributed by atoms with Gasteiger partial charge in [0.05, 0.1) is 0 Å². The Labute approximate surface area is 93.9 Å². The lowest BCUT2D eigenvalue weighted by Gasteiger charge is -2.43. The van der Waals surface area contributed by atoms with Crippen LogP contribution >= 0.6 is 0 Å². The summed E-state index contributed by atoms with van der Waals surface area (Å²) in [6.45, 7) is 10.7. The van der Waals surface area contributed by atoms with Crippen LogP contribution in [0.1, 0.15) is 33.1 Å². The molecule has 0 spiro atoms. The van der Waals surface area contributed by atoms with E-state index in [2.05, 4.69) is 29.7 Å². The van der Waals surface area contributed by atoms with Crippen LogP contribution in [0, 0.1) is 0 Å². The molecule has 0 aromatic carbocycles. The molecule has 0 amide bonds. The van der Waals surface area contributed by atoms with E-state index in [1.807, 2.05) is 0 Å². The molecule has 0 aliphatic carbocycles. The molecule has 0 radical (unpaired) electrons. The minimum atomic E-state index is 0.859. The lowest BCUT2D eigenvalue weighted by atomic mass is 9.99. The molecule has 2 fully saturated rings. The lowest BCUT2D eigenvalue weighted by molar-refractivity contribution is 0.0551. The molecule has 86 valence electrons. The number of allylic oxidation sites excluding steroid dienone is 1. The zero-order valence-corrected chi connectivity index (χ0v) is 10.2. The average Bonchev–Trinajstić information content (AvgIpc) is 2.26. The van der Waals surface area contributed by atoms with Crippen molar-refractivity contribution < 1.29 is 0 Å². The van der Waals surface area contributed by atoms with Crippen LogP contribution in [0.3, 0.4) is 0 Å². The molecule has 0 aromatic heterocycles. The summed E-state index contributed by atoms with van der Waals surface area (Å²) in [7, 11) is 0. The van der Waals surface area contributed by atoms with E-state index in [0.717, 1.165) is 12.6 Å². The van der Waals surface area contributed by atoms with E-state index in [0.29, 0.717) is 0 Å². The zero-order chi connectivity index (χ0) is 10.7. The van der Waals surface area contributed by atoms with Gasteiger partial charge in [-0.15, -0.1) is 0 Å². The van der Waals surface area contributed by atoms with Gasteiger partial charge < -0.3 is 0 Å². The van der Waals surface area contributed by atoms with Gasteiger partial charge in [-0.05, 0) is 33.2 Å². The molecule has 2 heterocycles. The van der Waals surface area contributed by atoms with Crippen LogP contribution < -0.4 is 0 Å². The fourth-order valence-corrected chi connectivity index (χ4v) is 2.70. The van der Waals surface area contributed by atoms with Crippen LogP contribution in [0.25, 0.3) is 0 Å². The summed E-state index contributed by atoms with van der Waals surface area (Å²) in [5.41, 5.74) is 1.45. The zero-order valence-electron chi connectivity index (χ0n) is 10.2. The van der Waals surface area contributed by atoms with Gasteiger partial charge in [-0.1, -0.05) is 18.1 Å². The minimum absolute atomic E-state index is 0.859. The van der Waals surface area contributed by atoms with Crippen molar-refractivity contribution in [1.82, 2.24) is 9.80 Å². The normalized spacial score (nSPS) is 28.5. The Bertz CT molecular complexity index is 231. The molecule has 1 atom stereocenters. The molecule has 2 saturated heterocycles. The van der Waals surface area contributed by atoms with Crippen molar-refractivity contribution in [3.05, 3.63) is 11.6 Å². The Balaban J connectivity index is 1.83. The molecule has 0 bridgehead atoms. The second-order valence-electron chi connectivity index (χ2n) is 5.23. The molecule has 0 saturated carbocycles. The first-order valence-corrected chi connectivity index (χ1v) is 6.35. The van der Waals surface area contributed by atoms with Crippen LogP contribution in [-0.2, 0) is 0 Å². The minimum Gasteiger partial charge on any atom is -0.298 e. The summed E-state index contributed by atoms with van der Waals surface area (Å²) in [6.07, 6.45) is 6.64. The van der Waals surface area contributed by atoms with Crippen LogP contribution in [0.5, 0.6) is 0 Å². The summed E-state index contributed by atoms with van der Waals surface area (Å²) >= 11 is 0. The number of fused-ring (bicyclic) bond motifs is 1. The van der Waals surface area contributed by atoms with Crippen molar-refractivity contribution in [2.24, 2.45) is 0 Å². The summed E-state index contributed by atoms with van der Waals surface area (Å²) < 4.78 is 0. The Morgan fingerprint density at radius 1 is 1.20 bits per heavy atom. The van der Waals surface area contributed by atoms with Gasteiger partial charge in [0.2, 0.25) is 0 Å². The van der Waals surface area contributed by atoms with E-state index in [4.69, 9.17) is 0 Å². The number of nitrogens with zero attached hydrogens (tertiary/aromatic N) is 2. The summed E-state index contributed by atoms with van der Waals surface area (Å²) in [4.78, 5) is 5.31. The Morgan fingerprint density at radius 3 is 2.87 bits per heavy atom. The van der Waals surface area contributed by atoms with E-state index in [9.17, 15) is 0 Å². The van der Waals surface area contributed by atoms with Gasteiger partial charge in [0.15, 0.2) is 0 Å². The smallest absolute Gasteiger partial charge is 0.0223 e. The van der Waals surface area contributed by atoms with Crippen molar-refractivity contribution in [1.29, 1.82) is 0 Å². The fourth-order valence-electron chi connectivity index (χ4n) is 2.70. The largest absolute Gasteiger partial charge is 0.298 e. The van der Waals surface area contributed by atoms with Gasteiger partial charge in [-0.25, -0.2) is 0 Å². The molecule has 2 nitrogen and oxygen atoms in total. The van der Waals surface area contributed by atoms with Crippen LogP contribution in [0.15, 0.2) is 11.6 Å². The number of piperazine rings is 1. The van der Waals surface area contributed by atoms with Crippen molar-refractivity contribution in [3.8, 4) is 0 Å². The van der Waals surface area contributed by atoms with E-state index < -0.39 is 0 Å². The van der Waals surface area contributed by atoms with Gasteiger partial charge in [0, 0.05) is 32.2 Å². The maximum atomic E-state index is 2.70. The molecule has 0 N–H and O–H groups in total. The molecule has 0 aromatic rings. The Morgan fingerprint density at radius 2 is 2.07 bits per heavy atom. The first kappa shape index (κ1) is 11.2. The second-order valence-corrected chi connectivity index (χ2v) is 5.23. The molecule has 2 aliphatic heterocycles. The maximum Gasteiger partial charge on any atom is 0.0223 e. The van der Waals surface area contributed by atoms with Crippen molar-refractivity contribution in [2.45, 2.75) is 39.2 Å². The van der Waals surface area contributed by atoms with E-state index in [-0.39, 0.29) is 0 Å². The molecule has 15 heavy (non-hydrogen) atoms. The quantitative estimate of drug-likeness (QED) is 0.641. The molecular formula is C13H24N2. The predicted molar refractivity (Wildman–Crippen MR) is 65.1 cm³/mol. The second kappa shape index (κ2) is 5.13. The Hall–Kier alpha value is -0.340. The molecule has 2 aliphatic rings. The van der Waals surface area contributed by atoms with Crippen LogP contribution in [0.2, 0.25) is 0 Å². The van der Waals surface area contributed by atoms with E-state index in [1.165, 1.54) is 51.0 Å². The maximum absolute atomic E-state index is 2.70. The van der Waals surface area contributed by atoms with E-state index in [1.54, 1.807) is 0 Å². The number of hydrogen-bond donors (Lipinski definition) is 0. The van der Waals surface area contributed by atoms with Gasteiger partial charge in [-0.3, -0.25) is 9.80 Å². The van der Waals surface area contributed by atoms with E-state index >= 15 is 0 Å². The number of hydrogen-bond acceptors (Lipinski definition) is 2. The SMILES string of the molecule is CC(C)=CCN1CCN2CCCCC2C1. The first-order chi connectivity index (χ1) is 7.25. The highest BCUT2D eigenvalue weighted by Gasteiger charge is 2.27. The van der Waals surface area contributed by atoms with Crippen molar-refractivity contribution in [3.63, 3.8) is 0 Å². The standard InChI is InChI=1S/C13H24N2/c1-12(2)6-8-14-9-10-15-7-4-3-5-13(15)11-14/h6,13H,3-5,7-11H2,1-2H3. The molecule has 2 rings (SSSR count). The van der Waals surface area contributed by atoms with Crippen molar-refractivity contribution >= 4 is 0 Å². The monoisotopic (exact) mass is 208 g/mol. The third kappa shape index (κ3) is 3.05. The van der Waals surface area contributed by atoms with Gasteiger partial charge in [0.1, 0.15) is 0 Å². The average molecular weight is 208 g/mol. The van der Waals surface area contributed by atoms with Gasteiger partial charge in [-0.2, -0.15) is 0 Å². The summed E-state index contributed by atoms with van der Waals surface area (Å²) in [6, 6.07) is 0.859. The van der Waals surface area contributed by atoms with Gasteiger partial charge >= 0.3 is 0 Å². The number of piperidine rings is 1. The third-order valence-electron chi connectivity index (χ3n) is 3.68. The summed E-state index contributed by atoms with van der Waals surface area (Å²) in [5.74, 6) is 0. The lowest BCUT2D eigenvalue weighted by Crippen LogP contribution is -2.54. The first-order valence-electron chi connectivity index (χ1n) is 6.35. The van der Waals surface area contributed by atoms with Crippen LogP contribution in [-0.4, -0.2) is 48.6 Å². The third-order valence-corrected chi connectivity index (χ3v) is 3.68. The highest BCUT2D eigenvalue weighted by molar-refractivity contribution is 4.96. The van der Waals surface area contributed by atoms with Crippen LogP contribution in [0.4, 0.5) is 0 Å². The van der Waals surface area contributed by atoms with Gasteiger partial charge in [0.25, 0.3) is 0 Å². The van der Waals surface area contributed by atoms with Crippen molar-refractivity contribution in [2.75, 3.05) is 32.7 Å². The molecule has 1 unspecified atom stereocenters. The fraction of sp³-hybridized carbons (Fsp3) is 0.846. The molecule has 2 heteroatoms.